The molecule has 8 nitrogen and oxygen atoms in total. The molecule has 1 atom stereocenters. The van der Waals surface area contributed by atoms with E-state index in [0.29, 0.717) is 35.4 Å². The summed E-state index contributed by atoms with van der Waals surface area (Å²) in [4.78, 5) is 26.5. The average molecular weight is 554 g/mol. The van der Waals surface area contributed by atoms with Gasteiger partial charge in [0.05, 0.1) is 23.3 Å². The Kier molecular flexibility index (Phi) is 11.2. The van der Waals surface area contributed by atoms with Crippen molar-refractivity contribution in [3.05, 3.63) is 51.5 Å². The van der Waals surface area contributed by atoms with Crippen LogP contribution in [-0.2, 0) is 22.3 Å². The van der Waals surface area contributed by atoms with Crippen LogP contribution in [0.4, 0.5) is 9.59 Å². The second kappa shape index (κ2) is 14.3. The lowest BCUT2D eigenvalue weighted by molar-refractivity contribution is 0.0932. The summed E-state index contributed by atoms with van der Waals surface area (Å²) in [5.41, 5.74) is 1.84. The molecule has 1 aliphatic carbocycles. The van der Waals surface area contributed by atoms with Gasteiger partial charge in [-0.1, -0.05) is 42.3 Å². The highest BCUT2D eigenvalue weighted by Crippen LogP contribution is 2.39. The smallest absolute Gasteiger partial charge is 0.489 e. The molecule has 202 valence electrons. The maximum absolute atomic E-state index is 12.1. The third-order valence-corrected chi connectivity index (χ3v) is 6.57. The van der Waals surface area contributed by atoms with E-state index in [1.807, 2.05) is 6.07 Å². The van der Waals surface area contributed by atoms with Crippen LogP contribution in [0, 0.1) is 0 Å². The minimum atomic E-state index is -0.863. The molecule has 0 fully saturated rings. The summed E-state index contributed by atoms with van der Waals surface area (Å²) in [5.74, 6) is 0.812. The predicted molar refractivity (Wildman–Crippen MR) is 141 cm³/mol. The topological polar surface area (TPSA) is 83.5 Å². The molecule has 0 spiro atoms. The molecule has 10 heteroatoms. The molecule has 0 N–H and O–H groups in total. The molecular weight excluding hydrogens is 521 g/mol. The van der Waals surface area contributed by atoms with Gasteiger partial charge in [0.25, 0.3) is 0 Å². The lowest BCUT2D eigenvalue weighted by atomic mass is 9.86. The molecular formula is C27H33Cl2NO7. The van der Waals surface area contributed by atoms with Crippen LogP contribution in [0.15, 0.2) is 30.3 Å². The lowest BCUT2D eigenvalue weighted by Gasteiger charge is -2.35. The molecule has 2 aromatic rings. The fraction of sp³-hybridized carbons (Fsp3) is 0.481. The Balaban J connectivity index is 1.76. The number of fused-ring (bicyclic) bond motifs is 1. The molecule has 37 heavy (non-hydrogen) atoms. The number of carbonyl (C=O) groups excluding carboxylic acids is 2. The number of ether oxygens (including phenoxy) is 5. The Hall–Kier alpha value is -2.68. The van der Waals surface area contributed by atoms with Gasteiger partial charge in [0.2, 0.25) is 0 Å². The Morgan fingerprint density at radius 3 is 2.24 bits per heavy atom. The number of rotatable bonds is 11. The van der Waals surface area contributed by atoms with Gasteiger partial charge in [0, 0.05) is 18.2 Å². The molecule has 0 saturated carbocycles. The Morgan fingerprint density at radius 2 is 1.59 bits per heavy atom. The summed E-state index contributed by atoms with van der Waals surface area (Å²) in [6.07, 6.45) is 1.46. The van der Waals surface area contributed by atoms with Crippen LogP contribution in [0.1, 0.15) is 44.7 Å². The highest BCUT2D eigenvalue weighted by Gasteiger charge is 2.29. The van der Waals surface area contributed by atoms with Crippen LogP contribution in [0.3, 0.4) is 0 Å². The molecule has 0 aliphatic heterocycles. The summed E-state index contributed by atoms with van der Waals surface area (Å²) in [6.45, 7) is 7.88. The van der Waals surface area contributed by atoms with Gasteiger partial charge in [-0.25, -0.2) is 9.59 Å². The predicted octanol–water partition coefficient (Wildman–Crippen LogP) is 6.71. The zero-order valence-corrected chi connectivity index (χ0v) is 22.9. The zero-order valence-electron chi connectivity index (χ0n) is 21.4. The molecule has 3 rings (SSSR count). The summed E-state index contributed by atoms with van der Waals surface area (Å²) in [6, 6.07) is 9.06. The number of hydrogen-bond donors (Lipinski definition) is 0. The van der Waals surface area contributed by atoms with Crippen molar-refractivity contribution in [3.8, 4) is 17.2 Å². The highest BCUT2D eigenvalue weighted by molar-refractivity contribution is 6.37. The largest absolute Gasteiger partial charge is 0.513 e. The number of halogens is 2. The van der Waals surface area contributed by atoms with E-state index in [-0.39, 0.29) is 30.8 Å². The van der Waals surface area contributed by atoms with E-state index in [0.717, 1.165) is 36.9 Å². The van der Waals surface area contributed by atoms with Gasteiger partial charge in [0.1, 0.15) is 6.61 Å². The van der Waals surface area contributed by atoms with Crippen LogP contribution < -0.4 is 14.2 Å². The standard InChI is InChI=1S/C27H33Cl2NO7/c1-4-14-30(15-16-35-25-21(28)8-7-9-22(25)29)19-11-12-20-18(17-19)10-13-23(36-26(31)33-5-2)24(20)37-27(32)34-6-3/h7-10,13,19H,4-6,11-12,14-17H2,1-3H3. The third-order valence-electron chi connectivity index (χ3n) is 5.98. The molecule has 2 aromatic carbocycles. The molecule has 0 aromatic heterocycles. The first-order chi connectivity index (χ1) is 17.9. The van der Waals surface area contributed by atoms with Gasteiger partial charge in [-0.3, -0.25) is 4.90 Å². The Morgan fingerprint density at radius 1 is 0.919 bits per heavy atom. The molecule has 1 aliphatic rings. The average Bonchev–Trinajstić information content (AvgIpc) is 2.86. The summed E-state index contributed by atoms with van der Waals surface area (Å²) < 4.78 is 26.6. The monoisotopic (exact) mass is 553 g/mol. The van der Waals surface area contributed by atoms with Crippen molar-refractivity contribution in [2.75, 3.05) is 32.9 Å². The van der Waals surface area contributed by atoms with E-state index in [1.165, 1.54) is 0 Å². The van der Waals surface area contributed by atoms with E-state index in [4.69, 9.17) is 46.9 Å². The van der Waals surface area contributed by atoms with Crippen molar-refractivity contribution in [2.45, 2.75) is 52.5 Å². The van der Waals surface area contributed by atoms with Gasteiger partial charge in [0.15, 0.2) is 17.2 Å². The second-order valence-electron chi connectivity index (χ2n) is 8.43. The molecule has 1 unspecified atom stereocenters. The molecule has 0 bridgehead atoms. The highest BCUT2D eigenvalue weighted by atomic mass is 35.5. The number of hydrogen-bond acceptors (Lipinski definition) is 8. The minimum Gasteiger partial charge on any atom is -0.489 e. The van der Waals surface area contributed by atoms with E-state index >= 15 is 0 Å². The summed E-state index contributed by atoms with van der Waals surface area (Å²) in [7, 11) is 0. The van der Waals surface area contributed by atoms with Crippen molar-refractivity contribution >= 4 is 35.5 Å². The molecule has 0 heterocycles. The first-order valence-corrected chi connectivity index (χ1v) is 13.3. The summed E-state index contributed by atoms with van der Waals surface area (Å²) >= 11 is 12.5. The zero-order chi connectivity index (χ0) is 26.8. The van der Waals surface area contributed by atoms with Crippen molar-refractivity contribution < 1.29 is 33.3 Å². The van der Waals surface area contributed by atoms with Gasteiger partial charge < -0.3 is 23.7 Å². The fourth-order valence-corrected chi connectivity index (χ4v) is 4.91. The van der Waals surface area contributed by atoms with Crippen LogP contribution in [0.5, 0.6) is 17.2 Å². The maximum atomic E-state index is 12.1. The first kappa shape index (κ1) is 28.9. The molecule has 0 radical (unpaired) electrons. The number of nitrogens with zero attached hydrogens (tertiary/aromatic N) is 1. The number of carbonyl (C=O) groups is 2. The Labute approximate surface area is 227 Å². The Bertz CT molecular complexity index is 1060. The van der Waals surface area contributed by atoms with Crippen molar-refractivity contribution in [1.82, 2.24) is 4.90 Å². The molecule has 0 amide bonds. The van der Waals surface area contributed by atoms with E-state index in [2.05, 4.69) is 11.8 Å². The number of para-hydroxylation sites is 1. The first-order valence-electron chi connectivity index (χ1n) is 12.5. The van der Waals surface area contributed by atoms with Gasteiger partial charge in [-0.15, -0.1) is 0 Å². The maximum Gasteiger partial charge on any atom is 0.513 e. The van der Waals surface area contributed by atoms with E-state index in [9.17, 15) is 9.59 Å². The van der Waals surface area contributed by atoms with Crippen molar-refractivity contribution in [1.29, 1.82) is 0 Å². The summed E-state index contributed by atoms with van der Waals surface area (Å²) in [5, 5.41) is 0.965. The van der Waals surface area contributed by atoms with Crippen molar-refractivity contribution in [2.24, 2.45) is 0 Å². The lowest BCUT2D eigenvalue weighted by Crippen LogP contribution is -2.42. The quantitative estimate of drug-likeness (QED) is 0.224. The van der Waals surface area contributed by atoms with E-state index < -0.39 is 12.3 Å². The van der Waals surface area contributed by atoms with Crippen LogP contribution in [-0.4, -0.2) is 56.2 Å². The van der Waals surface area contributed by atoms with Crippen LogP contribution in [0.2, 0.25) is 10.0 Å². The normalized spacial score (nSPS) is 14.6. The van der Waals surface area contributed by atoms with E-state index in [1.54, 1.807) is 38.1 Å². The van der Waals surface area contributed by atoms with Crippen LogP contribution in [0.25, 0.3) is 0 Å². The van der Waals surface area contributed by atoms with Gasteiger partial charge in [-0.2, -0.15) is 0 Å². The fourth-order valence-electron chi connectivity index (χ4n) is 4.40. The van der Waals surface area contributed by atoms with Gasteiger partial charge in [-0.05, 0) is 69.8 Å². The van der Waals surface area contributed by atoms with Crippen molar-refractivity contribution in [3.63, 3.8) is 0 Å². The van der Waals surface area contributed by atoms with Gasteiger partial charge >= 0.3 is 12.3 Å². The number of benzene rings is 2. The third kappa shape index (κ3) is 7.90. The molecule has 0 saturated heterocycles. The van der Waals surface area contributed by atoms with Crippen LogP contribution >= 0.6 is 23.2 Å². The second-order valence-corrected chi connectivity index (χ2v) is 9.25. The SMILES string of the molecule is CCCN(CCOc1c(Cl)cccc1Cl)C1CCc2c(ccc(OC(=O)OCC)c2OC(=O)OCC)C1. The minimum absolute atomic E-state index is 0.124.